The maximum atomic E-state index is 13.0. The van der Waals surface area contributed by atoms with Gasteiger partial charge in [0.05, 0.1) is 22.9 Å². The van der Waals surface area contributed by atoms with Crippen molar-refractivity contribution >= 4 is 27.9 Å². The molecule has 1 atom stereocenters. The van der Waals surface area contributed by atoms with Crippen molar-refractivity contribution in [2.75, 3.05) is 6.61 Å². The fourth-order valence-corrected chi connectivity index (χ4v) is 5.54. The van der Waals surface area contributed by atoms with Crippen molar-refractivity contribution in [1.29, 1.82) is 0 Å². The van der Waals surface area contributed by atoms with Gasteiger partial charge >= 0.3 is 63.5 Å². The van der Waals surface area contributed by atoms with E-state index in [0.29, 0.717) is 43.4 Å². The molecule has 0 unspecified atom stereocenters. The Balaban J connectivity index is 0.00000560. The smallest absolute Gasteiger partial charge is 0.550 e. The molecule has 0 heterocycles. The molecule has 9 nitrogen and oxygen atoms in total. The maximum absolute atomic E-state index is 13.0. The number of amides is 1. The Morgan fingerprint density at radius 1 is 0.950 bits per heavy atom. The first-order valence-electron chi connectivity index (χ1n) is 12.3. The van der Waals surface area contributed by atoms with E-state index in [1.54, 1.807) is 30.3 Å². The number of aliphatic carboxylic acids is 1. The molecule has 0 aliphatic heterocycles. The van der Waals surface area contributed by atoms with Crippen LogP contribution < -0.4 is 66.5 Å². The molecule has 0 saturated heterocycles. The zero-order valence-electron chi connectivity index (χ0n) is 21.8. The number of rotatable bonds is 11. The van der Waals surface area contributed by atoms with E-state index >= 15 is 0 Å². The monoisotopic (exact) mass is 608 g/mol. The first-order chi connectivity index (χ1) is 18.3. The number of ether oxygens (including phenoxy) is 1. The second kappa shape index (κ2) is 15.4. The second-order valence-corrected chi connectivity index (χ2v) is 10.9. The molecule has 1 saturated carbocycles. The average Bonchev–Trinajstić information content (AvgIpc) is 2.90. The predicted molar refractivity (Wildman–Crippen MR) is 130 cm³/mol. The summed E-state index contributed by atoms with van der Waals surface area (Å²) in [6, 6.07) is 10.8. The number of carboxylic acids is 1. The van der Waals surface area contributed by atoms with E-state index in [0.717, 1.165) is 12.1 Å². The summed E-state index contributed by atoms with van der Waals surface area (Å²) < 4.78 is 71.2. The molecule has 0 aromatic heterocycles. The molecule has 0 bridgehead atoms. The first kappa shape index (κ1) is 34.4. The van der Waals surface area contributed by atoms with E-state index in [4.69, 9.17) is 4.74 Å². The molecule has 212 valence electrons. The number of carboxylic acid groups (broad SMARTS) is 1. The topological polar surface area (TPSA) is 142 Å². The molecule has 0 spiro atoms. The molecule has 2 aromatic carbocycles. The van der Waals surface area contributed by atoms with E-state index in [2.05, 4.69) is 10.0 Å². The minimum atomic E-state index is -4.58. The van der Waals surface area contributed by atoms with Crippen molar-refractivity contribution < 1.29 is 97.2 Å². The number of carbonyl (C=O) groups is 3. The molecule has 1 aliphatic rings. The molecule has 40 heavy (non-hydrogen) atoms. The summed E-state index contributed by atoms with van der Waals surface area (Å²) in [6.07, 6.45) is -4.01. The van der Waals surface area contributed by atoms with Gasteiger partial charge in [0, 0.05) is 17.9 Å². The maximum Gasteiger partial charge on any atom is 1.00 e. The van der Waals surface area contributed by atoms with E-state index in [-0.39, 0.29) is 75.2 Å². The Hall–Kier alpha value is -1.81. The quantitative estimate of drug-likeness (QED) is 0.258. The number of esters is 1. The van der Waals surface area contributed by atoms with Crippen LogP contribution in [0.5, 0.6) is 0 Å². The Kier molecular flexibility index (Phi) is 13.3. The summed E-state index contributed by atoms with van der Waals surface area (Å²) in [5, 5.41) is 13.4. The van der Waals surface area contributed by atoms with Gasteiger partial charge in [0.25, 0.3) is 0 Å². The van der Waals surface area contributed by atoms with E-state index < -0.39 is 58.1 Å². The van der Waals surface area contributed by atoms with Gasteiger partial charge in [-0.2, -0.15) is 13.2 Å². The summed E-state index contributed by atoms with van der Waals surface area (Å²) in [6.45, 7) is -0.204. The van der Waals surface area contributed by atoms with Crippen LogP contribution in [0.15, 0.2) is 59.5 Å². The normalized spacial score (nSPS) is 18.2. The standard InChI is InChI=1S/C26H29F3N2O7S.K/c27-26(28,29)19-8-12-21(13-9-19)39(36,37)31-20-10-6-18(7-11-20)25(35)30-22(17-4-2-1-3-5-17)16-38-24(34)15-14-23(32)33;/h1-5,8-9,12-13,18,20,22,31H,6-7,10-11,14-16H2,(H,30,35)(H,32,33);/q;+1/p-1/t18-,20-,22-;/m1./s1. The van der Waals surface area contributed by atoms with Crippen molar-refractivity contribution in [2.45, 2.75) is 61.7 Å². The van der Waals surface area contributed by atoms with Crippen molar-refractivity contribution in [3.63, 3.8) is 0 Å². The van der Waals surface area contributed by atoms with Gasteiger partial charge in [0.15, 0.2) is 0 Å². The van der Waals surface area contributed by atoms with E-state index in [1.807, 2.05) is 0 Å². The average molecular weight is 609 g/mol. The van der Waals surface area contributed by atoms with E-state index in [1.165, 1.54) is 0 Å². The van der Waals surface area contributed by atoms with Crippen LogP contribution in [0.25, 0.3) is 0 Å². The molecular weight excluding hydrogens is 580 g/mol. The Morgan fingerprint density at radius 2 is 1.55 bits per heavy atom. The number of sulfonamides is 1. The van der Waals surface area contributed by atoms with Crippen LogP contribution in [0.1, 0.15) is 55.7 Å². The zero-order valence-corrected chi connectivity index (χ0v) is 25.7. The van der Waals surface area contributed by atoms with Gasteiger partial charge in [0.1, 0.15) is 6.61 Å². The summed E-state index contributed by atoms with van der Waals surface area (Å²) >= 11 is 0. The second-order valence-electron chi connectivity index (χ2n) is 9.22. The van der Waals surface area contributed by atoms with Gasteiger partial charge in [-0.05, 0) is 61.9 Å². The molecule has 14 heteroatoms. The molecule has 1 amide bonds. The van der Waals surface area contributed by atoms with Crippen molar-refractivity contribution in [2.24, 2.45) is 5.92 Å². The number of halogens is 3. The molecule has 2 aromatic rings. The summed E-state index contributed by atoms with van der Waals surface area (Å²) in [7, 11) is -4.05. The molecular formula is C26H28F3KN2O7S. The number of hydrogen-bond acceptors (Lipinski definition) is 7. The van der Waals surface area contributed by atoms with Crippen molar-refractivity contribution in [3.05, 3.63) is 65.7 Å². The summed E-state index contributed by atoms with van der Waals surface area (Å²) in [4.78, 5) is 35.1. The summed E-state index contributed by atoms with van der Waals surface area (Å²) in [5.41, 5.74) is -0.273. The van der Waals surface area contributed by atoms with Gasteiger partial charge in [0.2, 0.25) is 15.9 Å². The number of nitrogens with one attached hydrogen (secondary N) is 2. The number of benzene rings is 2. The molecule has 2 N–H and O–H groups in total. The van der Waals surface area contributed by atoms with Crippen molar-refractivity contribution in [3.8, 4) is 0 Å². The van der Waals surface area contributed by atoms with Crippen LogP contribution in [-0.4, -0.2) is 38.9 Å². The zero-order chi connectivity index (χ0) is 28.6. The van der Waals surface area contributed by atoms with Gasteiger partial charge in [-0.3, -0.25) is 9.59 Å². The number of carbonyl (C=O) groups excluding carboxylic acids is 3. The Morgan fingerprint density at radius 3 is 2.10 bits per heavy atom. The third-order valence-electron chi connectivity index (χ3n) is 6.37. The number of alkyl halides is 3. The van der Waals surface area contributed by atoms with Crippen molar-refractivity contribution in [1.82, 2.24) is 10.0 Å². The van der Waals surface area contributed by atoms with Crippen LogP contribution in [0, 0.1) is 5.92 Å². The van der Waals surface area contributed by atoms with Crippen LogP contribution >= 0.6 is 0 Å². The molecule has 0 radical (unpaired) electrons. The molecule has 1 fully saturated rings. The largest absolute Gasteiger partial charge is 1.00 e. The third-order valence-corrected chi connectivity index (χ3v) is 7.91. The predicted octanol–water partition coefficient (Wildman–Crippen LogP) is -0.523. The SMILES string of the molecule is O=C([O-])CCC(=O)OC[C@@H](NC(=O)[C@H]1CC[C@H](NS(=O)(=O)c2ccc(C(F)(F)F)cc2)CC1)c1ccccc1.[K+]. The summed E-state index contributed by atoms with van der Waals surface area (Å²) in [5.74, 6) is -2.86. The number of hydrogen-bond donors (Lipinski definition) is 2. The Bertz CT molecular complexity index is 1250. The van der Waals surface area contributed by atoms with Gasteiger partial charge in [-0.15, -0.1) is 0 Å². The minimum absolute atomic E-state index is 0. The minimum Gasteiger partial charge on any atom is -0.550 e. The van der Waals surface area contributed by atoms with Gasteiger partial charge in [-0.25, -0.2) is 13.1 Å². The van der Waals surface area contributed by atoms with E-state index in [9.17, 15) is 41.1 Å². The first-order valence-corrected chi connectivity index (χ1v) is 13.7. The van der Waals surface area contributed by atoms with Crippen LogP contribution in [0.3, 0.4) is 0 Å². The van der Waals surface area contributed by atoms with Crippen LogP contribution in [0.2, 0.25) is 0 Å². The Labute approximate surface area is 272 Å². The van der Waals surface area contributed by atoms with Crippen LogP contribution in [-0.2, 0) is 35.3 Å². The third kappa shape index (κ3) is 10.5. The van der Waals surface area contributed by atoms with Gasteiger partial charge in [-0.1, -0.05) is 30.3 Å². The molecule has 3 rings (SSSR count). The fourth-order valence-electron chi connectivity index (χ4n) is 4.23. The fraction of sp³-hybridized carbons (Fsp3) is 0.423. The molecule has 1 aliphatic carbocycles. The van der Waals surface area contributed by atoms with Gasteiger partial charge < -0.3 is 20.0 Å². The van der Waals surface area contributed by atoms with Crippen LogP contribution in [0.4, 0.5) is 13.2 Å².